The van der Waals surface area contributed by atoms with E-state index in [0.717, 1.165) is 36.8 Å². The maximum atomic E-state index is 10.5. The fourth-order valence-electron chi connectivity index (χ4n) is 3.58. The van der Waals surface area contributed by atoms with Crippen molar-refractivity contribution in [2.24, 2.45) is 21.5 Å². The van der Waals surface area contributed by atoms with Crippen molar-refractivity contribution in [3.05, 3.63) is 23.3 Å². The van der Waals surface area contributed by atoms with E-state index in [2.05, 4.69) is 9.98 Å². The van der Waals surface area contributed by atoms with E-state index in [4.69, 9.17) is 11.5 Å². The molecule has 0 radical (unpaired) electrons. The number of nitrogens with zero attached hydrogens (tertiary/aromatic N) is 3. The summed E-state index contributed by atoms with van der Waals surface area (Å²) in [4.78, 5) is 10.6. The third kappa shape index (κ3) is 2.28. The number of phenols is 1. The van der Waals surface area contributed by atoms with Gasteiger partial charge in [-0.1, -0.05) is 12.5 Å². The number of hydrogen-bond acceptors (Lipinski definition) is 6. The van der Waals surface area contributed by atoms with Crippen LogP contribution in [0.5, 0.6) is 5.75 Å². The first-order valence-corrected chi connectivity index (χ1v) is 7.73. The molecule has 1 aliphatic carbocycles. The van der Waals surface area contributed by atoms with Gasteiger partial charge in [-0.3, -0.25) is 4.90 Å². The molecule has 0 bridgehead atoms. The molecule has 1 saturated carbocycles. The first-order valence-electron chi connectivity index (χ1n) is 7.73. The van der Waals surface area contributed by atoms with Gasteiger partial charge in [-0.15, -0.1) is 0 Å². The molecule has 1 aliphatic heterocycles. The average molecular weight is 301 g/mol. The van der Waals surface area contributed by atoms with Gasteiger partial charge in [0, 0.05) is 0 Å². The van der Waals surface area contributed by atoms with Gasteiger partial charge in [0.1, 0.15) is 11.4 Å². The Morgan fingerprint density at radius 1 is 1.14 bits per heavy atom. The van der Waals surface area contributed by atoms with Gasteiger partial charge in [0.15, 0.2) is 0 Å². The smallest absolute Gasteiger partial charge is 0.220 e. The van der Waals surface area contributed by atoms with Crippen LogP contribution in [0.3, 0.4) is 0 Å². The van der Waals surface area contributed by atoms with E-state index < -0.39 is 5.66 Å². The summed E-state index contributed by atoms with van der Waals surface area (Å²) >= 11 is 0. The van der Waals surface area contributed by atoms with Gasteiger partial charge >= 0.3 is 0 Å². The summed E-state index contributed by atoms with van der Waals surface area (Å²) in [5.41, 5.74) is 14.1. The number of guanidine groups is 2. The SMILES string of the molecule is Cc1cc(C)c(O)c(N2C(N)=NC(N)=NC23CCCCC3)c1. The Kier molecular flexibility index (Phi) is 3.47. The van der Waals surface area contributed by atoms with Gasteiger partial charge in [-0.2, -0.15) is 4.99 Å². The number of benzene rings is 1. The van der Waals surface area contributed by atoms with Crippen molar-refractivity contribution in [1.82, 2.24) is 0 Å². The number of anilines is 1. The second-order valence-electron chi connectivity index (χ2n) is 6.27. The maximum absolute atomic E-state index is 10.5. The summed E-state index contributed by atoms with van der Waals surface area (Å²) in [6.45, 7) is 3.88. The fraction of sp³-hybridized carbons (Fsp3) is 0.500. The molecule has 22 heavy (non-hydrogen) atoms. The summed E-state index contributed by atoms with van der Waals surface area (Å²) in [6, 6.07) is 3.87. The number of phenolic OH excluding ortho intramolecular Hbond substituents is 1. The first kappa shape index (κ1) is 14.7. The monoisotopic (exact) mass is 301 g/mol. The molecule has 6 heteroatoms. The van der Waals surface area contributed by atoms with Crippen molar-refractivity contribution in [2.75, 3.05) is 4.90 Å². The number of aliphatic imine (C=N–C) groups is 2. The van der Waals surface area contributed by atoms with E-state index in [0.29, 0.717) is 11.6 Å². The van der Waals surface area contributed by atoms with Gasteiger partial charge in [0.05, 0.1) is 5.69 Å². The molecule has 0 unspecified atom stereocenters. The molecule has 0 saturated heterocycles. The van der Waals surface area contributed by atoms with Gasteiger partial charge in [-0.25, -0.2) is 4.99 Å². The summed E-state index contributed by atoms with van der Waals surface area (Å²) in [5.74, 6) is 0.749. The van der Waals surface area contributed by atoms with Gasteiger partial charge in [0.2, 0.25) is 11.9 Å². The predicted octanol–water partition coefficient (Wildman–Crippen LogP) is 2.12. The molecule has 1 fully saturated rings. The summed E-state index contributed by atoms with van der Waals surface area (Å²) in [6.07, 6.45) is 5.02. The summed E-state index contributed by atoms with van der Waals surface area (Å²) < 4.78 is 0. The molecule has 1 aromatic rings. The van der Waals surface area contributed by atoms with Crippen LogP contribution < -0.4 is 16.4 Å². The highest BCUT2D eigenvalue weighted by atomic mass is 16.3. The van der Waals surface area contributed by atoms with Crippen LogP contribution in [-0.4, -0.2) is 22.7 Å². The standard InChI is InChI=1S/C16H23N5O/c1-10-8-11(2)13(22)12(9-10)21-15(18)19-14(17)20-16(21)6-4-3-5-7-16/h8-9,22H,3-7H2,1-2H3,(H4,17,18,19,20). The molecule has 1 spiro atoms. The molecule has 0 amide bonds. The Morgan fingerprint density at radius 3 is 2.50 bits per heavy atom. The molecule has 0 aromatic heterocycles. The molecule has 3 rings (SSSR count). The van der Waals surface area contributed by atoms with E-state index in [1.165, 1.54) is 6.42 Å². The van der Waals surface area contributed by atoms with E-state index in [-0.39, 0.29) is 11.7 Å². The third-order valence-corrected chi connectivity index (χ3v) is 4.52. The molecule has 5 N–H and O–H groups in total. The minimum Gasteiger partial charge on any atom is -0.505 e. The van der Waals surface area contributed by atoms with Crippen LogP contribution in [0.25, 0.3) is 0 Å². The highest BCUT2D eigenvalue weighted by Gasteiger charge is 2.43. The van der Waals surface area contributed by atoms with E-state index in [1.54, 1.807) is 0 Å². The third-order valence-electron chi connectivity index (χ3n) is 4.52. The number of aryl methyl sites for hydroxylation is 2. The Labute approximate surface area is 130 Å². The zero-order valence-electron chi connectivity index (χ0n) is 13.1. The Balaban J connectivity index is 2.16. The molecule has 1 heterocycles. The number of nitrogens with two attached hydrogens (primary N) is 2. The highest BCUT2D eigenvalue weighted by molar-refractivity contribution is 6.06. The Hall–Kier alpha value is -2.24. The maximum Gasteiger partial charge on any atom is 0.220 e. The lowest BCUT2D eigenvalue weighted by Crippen LogP contribution is -2.58. The molecule has 118 valence electrons. The quantitative estimate of drug-likeness (QED) is 0.739. The van der Waals surface area contributed by atoms with Crippen LogP contribution in [0.1, 0.15) is 43.2 Å². The zero-order valence-corrected chi connectivity index (χ0v) is 13.1. The number of rotatable bonds is 1. The molecule has 1 aromatic carbocycles. The Morgan fingerprint density at radius 2 is 1.82 bits per heavy atom. The van der Waals surface area contributed by atoms with Crippen molar-refractivity contribution in [3.63, 3.8) is 0 Å². The average Bonchev–Trinajstić information content (AvgIpc) is 2.44. The molecular formula is C16H23N5O. The lowest BCUT2D eigenvalue weighted by atomic mass is 9.87. The first-order chi connectivity index (χ1) is 10.4. The second-order valence-corrected chi connectivity index (χ2v) is 6.27. The second kappa shape index (κ2) is 5.19. The van der Waals surface area contributed by atoms with Crippen LogP contribution in [0.2, 0.25) is 0 Å². The van der Waals surface area contributed by atoms with Crippen molar-refractivity contribution < 1.29 is 5.11 Å². The van der Waals surface area contributed by atoms with Crippen molar-refractivity contribution in [2.45, 2.75) is 51.6 Å². The fourth-order valence-corrected chi connectivity index (χ4v) is 3.58. The normalized spacial score (nSPS) is 20.7. The van der Waals surface area contributed by atoms with Crippen molar-refractivity contribution in [3.8, 4) is 5.75 Å². The molecular weight excluding hydrogens is 278 g/mol. The van der Waals surface area contributed by atoms with Gasteiger partial charge < -0.3 is 16.6 Å². The van der Waals surface area contributed by atoms with Gasteiger partial charge in [0.25, 0.3) is 0 Å². The summed E-state index contributed by atoms with van der Waals surface area (Å²) in [5, 5.41) is 10.5. The Bertz CT molecular complexity index is 659. The minimum atomic E-state index is -0.522. The van der Waals surface area contributed by atoms with Gasteiger partial charge in [-0.05, 0) is 56.7 Å². The lowest BCUT2D eigenvalue weighted by Gasteiger charge is -2.45. The molecule has 0 atom stereocenters. The molecule has 6 nitrogen and oxygen atoms in total. The largest absolute Gasteiger partial charge is 0.505 e. The van der Waals surface area contributed by atoms with Crippen LogP contribution >= 0.6 is 0 Å². The van der Waals surface area contributed by atoms with Crippen molar-refractivity contribution in [1.29, 1.82) is 0 Å². The summed E-state index contributed by atoms with van der Waals surface area (Å²) in [7, 11) is 0. The van der Waals surface area contributed by atoms with E-state index in [1.807, 2.05) is 30.9 Å². The van der Waals surface area contributed by atoms with Crippen LogP contribution in [0.15, 0.2) is 22.1 Å². The van der Waals surface area contributed by atoms with E-state index >= 15 is 0 Å². The topological polar surface area (TPSA) is 100 Å². The van der Waals surface area contributed by atoms with Crippen LogP contribution in [0, 0.1) is 13.8 Å². The number of hydrogen-bond donors (Lipinski definition) is 3. The van der Waals surface area contributed by atoms with Crippen LogP contribution in [0.4, 0.5) is 5.69 Å². The van der Waals surface area contributed by atoms with E-state index in [9.17, 15) is 5.11 Å². The number of aromatic hydroxyl groups is 1. The zero-order chi connectivity index (χ0) is 15.9. The molecule has 2 aliphatic rings. The van der Waals surface area contributed by atoms with Crippen molar-refractivity contribution >= 4 is 17.6 Å². The van der Waals surface area contributed by atoms with Crippen LogP contribution in [-0.2, 0) is 0 Å². The predicted molar refractivity (Wildman–Crippen MR) is 89.1 cm³/mol. The highest BCUT2D eigenvalue weighted by Crippen LogP contribution is 2.43. The minimum absolute atomic E-state index is 0.222. The lowest BCUT2D eigenvalue weighted by molar-refractivity contribution is 0.303.